The number of H-pyrrole nitrogens is 1. The first kappa shape index (κ1) is 14.7. The molecule has 0 aliphatic carbocycles. The lowest BCUT2D eigenvalue weighted by Gasteiger charge is -2.12. The van der Waals surface area contributed by atoms with Crippen molar-refractivity contribution in [2.75, 3.05) is 0 Å². The van der Waals surface area contributed by atoms with E-state index in [1.54, 1.807) is 0 Å². The Labute approximate surface area is 133 Å². The molecule has 112 valence electrons. The van der Waals surface area contributed by atoms with Gasteiger partial charge in [0, 0.05) is 22.1 Å². The summed E-state index contributed by atoms with van der Waals surface area (Å²) in [5, 5.41) is 11.3. The first-order valence-corrected chi connectivity index (χ1v) is 7.56. The highest BCUT2D eigenvalue weighted by atomic mass is 35.5. The molecule has 0 amide bonds. The van der Waals surface area contributed by atoms with Gasteiger partial charge in [0.25, 0.3) is 0 Å². The van der Waals surface area contributed by atoms with Crippen LogP contribution in [0.5, 0.6) is 0 Å². The zero-order valence-corrected chi connectivity index (χ0v) is 12.7. The van der Waals surface area contributed by atoms with Crippen molar-refractivity contribution < 1.29 is 9.90 Å². The zero-order valence-electron chi connectivity index (χ0n) is 11.9. The summed E-state index contributed by atoms with van der Waals surface area (Å²) in [6, 6.07) is 15.3. The molecule has 2 aromatic carbocycles. The number of rotatable bonds is 5. The highest BCUT2D eigenvalue weighted by Gasteiger charge is 2.22. The Morgan fingerprint density at radius 2 is 1.86 bits per heavy atom. The molecule has 0 aliphatic rings. The smallest absolute Gasteiger partial charge is 0.311 e. The SMILES string of the molecule is O=C(O)C(CCc1ccc(Cl)cc1)c1c[nH]c2ccccc12. The molecule has 1 heterocycles. The first-order chi connectivity index (χ1) is 10.6. The van der Waals surface area contributed by atoms with Gasteiger partial charge in [-0.05, 0) is 42.2 Å². The molecule has 1 atom stereocenters. The van der Waals surface area contributed by atoms with E-state index < -0.39 is 11.9 Å². The van der Waals surface area contributed by atoms with Crippen molar-refractivity contribution >= 4 is 28.5 Å². The fourth-order valence-corrected chi connectivity index (χ4v) is 2.88. The summed E-state index contributed by atoms with van der Waals surface area (Å²) >= 11 is 5.87. The van der Waals surface area contributed by atoms with E-state index in [1.165, 1.54) is 0 Å². The molecule has 0 radical (unpaired) electrons. The molecule has 0 aliphatic heterocycles. The average molecular weight is 314 g/mol. The highest BCUT2D eigenvalue weighted by Crippen LogP contribution is 2.29. The summed E-state index contributed by atoms with van der Waals surface area (Å²) in [5.41, 5.74) is 2.91. The quantitative estimate of drug-likeness (QED) is 0.722. The van der Waals surface area contributed by atoms with Crippen LogP contribution in [-0.4, -0.2) is 16.1 Å². The van der Waals surface area contributed by atoms with E-state index in [9.17, 15) is 9.90 Å². The molecule has 3 aromatic rings. The molecule has 2 N–H and O–H groups in total. The van der Waals surface area contributed by atoms with Crippen LogP contribution >= 0.6 is 11.6 Å². The normalized spacial score (nSPS) is 12.4. The van der Waals surface area contributed by atoms with Gasteiger partial charge in [-0.15, -0.1) is 0 Å². The molecule has 0 fully saturated rings. The summed E-state index contributed by atoms with van der Waals surface area (Å²) in [6.07, 6.45) is 3.07. The van der Waals surface area contributed by atoms with Crippen LogP contribution in [0.4, 0.5) is 0 Å². The van der Waals surface area contributed by atoms with Crippen molar-refractivity contribution in [3.05, 3.63) is 70.9 Å². The largest absolute Gasteiger partial charge is 0.481 e. The van der Waals surface area contributed by atoms with Crippen LogP contribution in [0.2, 0.25) is 5.02 Å². The average Bonchev–Trinajstić information content (AvgIpc) is 2.93. The number of hydrogen-bond donors (Lipinski definition) is 2. The van der Waals surface area contributed by atoms with E-state index in [2.05, 4.69) is 4.98 Å². The Bertz CT molecular complexity index is 792. The number of carbonyl (C=O) groups is 1. The molecule has 22 heavy (non-hydrogen) atoms. The number of aliphatic carboxylic acids is 1. The second kappa shape index (κ2) is 6.24. The maximum atomic E-state index is 11.7. The second-order valence-electron chi connectivity index (χ2n) is 5.35. The number of para-hydroxylation sites is 1. The predicted molar refractivity (Wildman–Crippen MR) is 88.4 cm³/mol. The maximum absolute atomic E-state index is 11.7. The third-order valence-corrected chi connectivity index (χ3v) is 4.18. The molecular formula is C18H16ClNO2. The minimum Gasteiger partial charge on any atom is -0.481 e. The second-order valence-corrected chi connectivity index (χ2v) is 5.78. The molecule has 0 bridgehead atoms. The van der Waals surface area contributed by atoms with Crippen LogP contribution in [0.25, 0.3) is 10.9 Å². The Balaban J connectivity index is 1.84. The molecule has 3 rings (SSSR count). The molecule has 3 nitrogen and oxygen atoms in total. The number of fused-ring (bicyclic) bond motifs is 1. The van der Waals surface area contributed by atoms with Crippen LogP contribution in [-0.2, 0) is 11.2 Å². The fourth-order valence-electron chi connectivity index (χ4n) is 2.76. The van der Waals surface area contributed by atoms with Crippen molar-refractivity contribution in [2.24, 2.45) is 0 Å². The van der Waals surface area contributed by atoms with Crippen molar-refractivity contribution in [3.8, 4) is 0 Å². The van der Waals surface area contributed by atoms with E-state index in [0.717, 1.165) is 22.0 Å². The lowest BCUT2D eigenvalue weighted by Crippen LogP contribution is -2.12. The summed E-state index contributed by atoms with van der Waals surface area (Å²) in [4.78, 5) is 14.8. The standard InChI is InChI=1S/C18H16ClNO2/c19-13-8-5-12(6-9-13)7-10-15(18(21)22)16-11-20-17-4-2-1-3-14(16)17/h1-6,8-9,11,15,20H,7,10H2,(H,21,22). The number of benzene rings is 2. The van der Waals surface area contributed by atoms with Crippen LogP contribution in [0.3, 0.4) is 0 Å². The maximum Gasteiger partial charge on any atom is 0.311 e. The van der Waals surface area contributed by atoms with Gasteiger partial charge in [0.1, 0.15) is 0 Å². The van der Waals surface area contributed by atoms with Crippen molar-refractivity contribution in [3.63, 3.8) is 0 Å². The number of aromatic nitrogens is 1. The number of carboxylic acid groups (broad SMARTS) is 1. The van der Waals surface area contributed by atoms with Gasteiger partial charge in [-0.2, -0.15) is 0 Å². The minimum absolute atomic E-state index is 0.521. The van der Waals surface area contributed by atoms with Gasteiger partial charge in [-0.25, -0.2) is 0 Å². The molecule has 0 spiro atoms. The number of carboxylic acids is 1. The zero-order chi connectivity index (χ0) is 15.5. The number of aromatic amines is 1. The van der Waals surface area contributed by atoms with E-state index in [1.807, 2.05) is 54.7 Å². The summed E-state index contributed by atoms with van der Waals surface area (Å²) in [7, 11) is 0. The van der Waals surface area contributed by atoms with Crippen LogP contribution < -0.4 is 0 Å². The van der Waals surface area contributed by atoms with E-state index in [4.69, 9.17) is 11.6 Å². The molecule has 1 aromatic heterocycles. The topological polar surface area (TPSA) is 53.1 Å². The van der Waals surface area contributed by atoms with Crippen LogP contribution in [0.1, 0.15) is 23.5 Å². The van der Waals surface area contributed by atoms with E-state index >= 15 is 0 Å². The Morgan fingerprint density at radius 1 is 1.14 bits per heavy atom. The molecule has 0 saturated heterocycles. The first-order valence-electron chi connectivity index (χ1n) is 7.18. The number of hydrogen-bond acceptors (Lipinski definition) is 1. The lowest BCUT2D eigenvalue weighted by atomic mass is 9.92. The number of nitrogens with one attached hydrogen (secondary N) is 1. The Hall–Kier alpha value is -2.26. The van der Waals surface area contributed by atoms with Crippen LogP contribution in [0.15, 0.2) is 54.7 Å². The molecule has 1 unspecified atom stereocenters. The number of aryl methyl sites for hydroxylation is 1. The summed E-state index contributed by atoms with van der Waals surface area (Å²) in [6.45, 7) is 0. The lowest BCUT2D eigenvalue weighted by molar-refractivity contribution is -0.138. The molecular weight excluding hydrogens is 298 g/mol. The summed E-state index contributed by atoms with van der Waals surface area (Å²) < 4.78 is 0. The monoisotopic (exact) mass is 313 g/mol. The van der Waals surface area contributed by atoms with Gasteiger partial charge in [0.2, 0.25) is 0 Å². The Morgan fingerprint density at radius 3 is 2.59 bits per heavy atom. The molecule has 4 heteroatoms. The van der Waals surface area contributed by atoms with E-state index in [-0.39, 0.29) is 0 Å². The molecule has 0 saturated carbocycles. The van der Waals surface area contributed by atoms with Gasteiger partial charge in [-0.3, -0.25) is 4.79 Å². The van der Waals surface area contributed by atoms with Crippen molar-refractivity contribution in [1.82, 2.24) is 4.98 Å². The van der Waals surface area contributed by atoms with Gasteiger partial charge in [0.05, 0.1) is 5.92 Å². The minimum atomic E-state index is -0.793. The predicted octanol–water partition coefficient (Wildman–Crippen LogP) is 4.62. The van der Waals surface area contributed by atoms with Gasteiger partial charge in [-0.1, -0.05) is 41.9 Å². The van der Waals surface area contributed by atoms with Gasteiger partial charge >= 0.3 is 5.97 Å². The van der Waals surface area contributed by atoms with Crippen molar-refractivity contribution in [1.29, 1.82) is 0 Å². The summed E-state index contributed by atoms with van der Waals surface area (Å²) in [5.74, 6) is -1.31. The van der Waals surface area contributed by atoms with Gasteiger partial charge in [0.15, 0.2) is 0 Å². The highest BCUT2D eigenvalue weighted by molar-refractivity contribution is 6.30. The van der Waals surface area contributed by atoms with Gasteiger partial charge < -0.3 is 10.1 Å². The third kappa shape index (κ3) is 3.00. The van der Waals surface area contributed by atoms with Crippen LogP contribution in [0, 0.1) is 0 Å². The number of halogens is 1. The van der Waals surface area contributed by atoms with E-state index in [0.29, 0.717) is 17.9 Å². The third-order valence-electron chi connectivity index (χ3n) is 3.93. The fraction of sp³-hybridized carbons (Fsp3) is 0.167. The Kier molecular flexibility index (Phi) is 4.16. The van der Waals surface area contributed by atoms with Crippen molar-refractivity contribution in [2.45, 2.75) is 18.8 Å².